The Hall–Kier alpha value is -4.05. The fourth-order valence-electron chi connectivity index (χ4n) is 4.45. The number of nitrogens with zero attached hydrogens (tertiary/aromatic N) is 2. The van der Waals surface area contributed by atoms with Crippen LogP contribution in [0.2, 0.25) is 10.0 Å². The molecule has 2 heterocycles. The van der Waals surface area contributed by atoms with Gasteiger partial charge in [0.1, 0.15) is 12.4 Å². The van der Waals surface area contributed by atoms with Crippen LogP contribution in [0.25, 0.3) is 0 Å². The van der Waals surface area contributed by atoms with Crippen LogP contribution in [-0.2, 0) is 20.9 Å². The lowest BCUT2D eigenvalue weighted by atomic mass is 10.1. The van der Waals surface area contributed by atoms with E-state index >= 15 is 0 Å². The van der Waals surface area contributed by atoms with E-state index in [1.54, 1.807) is 18.2 Å². The first-order valence-electron chi connectivity index (χ1n) is 15.3. The van der Waals surface area contributed by atoms with Crippen LogP contribution in [0.5, 0.6) is 5.75 Å². The number of carbonyl (C=O) groups excluding carboxylic acids is 1. The standard InChI is InChI=1S/C25H32Cl2N4O2.3C2HF3O2/c1-18-14-19(2-5-24(18)33-13-12-30-10-7-28-8-11-30)16-31-9-6-21(17-31)29-25(32)20-3-4-22(26)23(27)15-20;3*3-2(4,5)1(6)7/h2-5,14-15,21,28H,6-13,16-17H2,1H3,(H,29,32);3*(H,6,7)/t21-;;;/m0.../s1. The van der Waals surface area contributed by atoms with Gasteiger partial charge in [0.25, 0.3) is 5.91 Å². The van der Waals surface area contributed by atoms with Gasteiger partial charge >= 0.3 is 36.4 Å². The molecule has 1 amide bonds. The van der Waals surface area contributed by atoms with Gasteiger partial charge in [0, 0.05) is 64.0 Å². The molecule has 0 spiro atoms. The van der Waals surface area contributed by atoms with Gasteiger partial charge in [-0.25, -0.2) is 14.4 Å². The number of aryl methyl sites for hydroxylation is 1. The molecule has 12 nitrogen and oxygen atoms in total. The number of carboxylic acid groups (broad SMARTS) is 3. The molecular formula is C31H35Cl2F9N4O8. The quantitative estimate of drug-likeness (QED) is 0.214. The highest BCUT2D eigenvalue weighted by molar-refractivity contribution is 6.42. The zero-order valence-electron chi connectivity index (χ0n) is 28.0. The number of hydrogen-bond donors (Lipinski definition) is 5. The Labute approximate surface area is 311 Å². The average molecular weight is 834 g/mol. The molecule has 2 aliphatic rings. The Morgan fingerprint density at radius 1 is 0.796 bits per heavy atom. The van der Waals surface area contributed by atoms with Crippen molar-refractivity contribution < 1.29 is 78.7 Å². The number of benzene rings is 2. The van der Waals surface area contributed by atoms with Crippen molar-refractivity contribution >= 4 is 47.0 Å². The van der Waals surface area contributed by atoms with Crippen LogP contribution in [0.4, 0.5) is 39.5 Å². The monoisotopic (exact) mass is 832 g/mol. The van der Waals surface area contributed by atoms with Gasteiger partial charge < -0.3 is 30.7 Å². The highest BCUT2D eigenvalue weighted by Gasteiger charge is 2.39. The van der Waals surface area contributed by atoms with Gasteiger partial charge in [0.15, 0.2) is 0 Å². The number of hydrogen-bond acceptors (Lipinski definition) is 8. The smallest absolute Gasteiger partial charge is 0.490 e. The molecule has 0 saturated carbocycles. The molecule has 2 aromatic carbocycles. The number of rotatable bonds is 8. The zero-order chi connectivity index (χ0) is 41.4. The van der Waals surface area contributed by atoms with Crippen LogP contribution >= 0.6 is 23.2 Å². The summed E-state index contributed by atoms with van der Waals surface area (Å²) in [5, 5.41) is 28.7. The Morgan fingerprint density at radius 2 is 1.31 bits per heavy atom. The molecule has 0 unspecified atom stereocenters. The molecule has 54 heavy (non-hydrogen) atoms. The largest absolute Gasteiger partial charge is 0.492 e. The molecular weight excluding hydrogens is 798 g/mol. The lowest BCUT2D eigenvalue weighted by molar-refractivity contribution is -0.193. The van der Waals surface area contributed by atoms with Gasteiger partial charge in [0.2, 0.25) is 0 Å². The summed E-state index contributed by atoms with van der Waals surface area (Å²) in [5.74, 6) is -7.42. The maximum absolute atomic E-state index is 12.5. The van der Waals surface area contributed by atoms with Crippen molar-refractivity contribution in [2.24, 2.45) is 0 Å². The minimum absolute atomic E-state index is 0.112. The second-order valence-corrected chi connectivity index (χ2v) is 12.1. The van der Waals surface area contributed by atoms with Crippen LogP contribution in [0.3, 0.4) is 0 Å². The Morgan fingerprint density at radius 3 is 1.78 bits per heavy atom. The molecule has 0 aliphatic carbocycles. The molecule has 1 atom stereocenters. The normalized spacial score (nSPS) is 16.3. The minimum atomic E-state index is -5.08. The van der Waals surface area contributed by atoms with Gasteiger partial charge in [-0.05, 0) is 48.7 Å². The molecule has 4 rings (SSSR count). The summed E-state index contributed by atoms with van der Waals surface area (Å²) >= 11 is 12.0. The molecule has 2 saturated heterocycles. The van der Waals surface area contributed by atoms with Crippen LogP contribution in [-0.4, -0.2) is 126 Å². The van der Waals surface area contributed by atoms with Gasteiger partial charge in [0.05, 0.1) is 10.0 Å². The number of likely N-dealkylation sites (tertiary alicyclic amines) is 1. The van der Waals surface area contributed by atoms with Crippen LogP contribution in [0, 0.1) is 6.92 Å². The SMILES string of the molecule is Cc1cc(CN2CC[C@H](NC(=O)c3ccc(Cl)c(Cl)c3)C2)ccc1OCCN1CCNCC1.O=C(O)C(F)(F)F.O=C(O)C(F)(F)F.O=C(O)C(F)(F)F. The van der Waals surface area contributed by atoms with E-state index in [2.05, 4.69) is 45.6 Å². The van der Waals surface area contributed by atoms with Crippen molar-refractivity contribution in [1.29, 1.82) is 0 Å². The summed E-state index contributed by atoms with van der Waals surface area (Å²) in [6.45, 7) is 10.7. The van der Waals surface area contributed by atoms with Gasteiger partial charge in [-0.1, -0.05) is 35.3 Å². The van der Waals surface area contributed by atoms with Gasteiger partial charge in [-0.3, -0.25) is 14.6 Å². The lowest BCUT2D eigenvalue weighted by Gasteiger charge is -2.27. The molecule has 2 fully saturated rings. The second-order valence-electron chi connectivity index (χ2n) is 11.3. The molecule has 304 valence electrons. The topological polar surface area (TPSA) is 169 Å². The summed E-state index contributed by atoms with van der Waals surface area (Å²) < 4.78 is 101. The number of carbonyl (C=O) groups is 4. The van der Waals surface area contributed by atoms with Crippen LogP contribution in [0.15, 0.2) is 36.4 Å². The number of carboxylic acids is 3. The summed E-state index contributed by atoms with van der Waals surface area (Å²) in [5.41, 5.74) is 2.96. The third-order valence-corrected chi connectivity index (χ3v) is 7.78. The average Bonchev–Trinajstić information content (AvgIpc) is 3.49. The van der Waals surface area contributed by atoms with E-state index in [-0.39, 0.29) is 11.9 Å². The number of nitrogens with one attached hydrogen (secondary N) is 2. The van der Waals surface area contributed by atoms with E-state index in [9.17, 15) is 44.3 Å². The van der Waals surface area contributed by atoms with Crippen molar-refractivity contribution in [3.63, 3.8) is 0 Å². The third-order valence-electron chi connectivity index (χ3n) is 7.04. The van der Waals surface area contributed by atoms with Gasteiger partial charge in [-0.15, -0.1) is 0 Å². The Bertz CT molecular complexity index is 1500. The van der Waals surface area contributed by atoms with Crippen molar-refractivity contribution in [2.45, 2.75) is 44.5 Å². The lowest BCUT2D eigenvalue weighted by Crippen LogP contribution is -2.44. The Kier molecular flexibility index (Phi) is 19.3. The maximum Gasteiger partial charge on any atom is 0.490 e. The van der Waals surface area contributed by atoms with Crippen molar-refractivity contribution in [3.05, 3.63) is 63.1 Å². The van der Waals surface area contributed by atoms with Crippen LogP contribution < -0.4 is 15.4 Å². The summed E-state index contributed by atoms with van der Waals surface area (Å²) in [6.07, 6.45) is -14.3. The maximum atomic E-state index is 12.5. The molecule has 23 heteroatoms. The number of halogens is 11. The summed E-state index contributed by atoms with van der Waals surface area (Å²) in [4.78, 5) is 44.0. The first-order chi connectivity index (χ1) is 24.8. The third kappa shape index (κ3) is 18.8. The first kappa shape index (κ1) is 48.0. The number of amides is 1. The van der Waals surface area contributed by atoms with E-state index in [1.165, 1.54) is 5.56 Å². The summed E-state index contributed by atoms with van der Waals surface area (Å²) in [6, 6.07) is 11.5. The second kappa shape index (κ2) is 21.7. The molecule has 0 radical (unpaired) electrons. The summed E-state index contributed by atoms with van der Waals surface area (Å²) in [7, 11) is 0. The highest BCUT2D eigenvalue weighted by Crippen LogP contribution is 2.24. The number of alkyl halides is 9. The van der Waals surface area contributed by atoms with E-state index in [4.69, 9.17) is 57.6 Å². The fraction of sp³-hybridized carbons (Fsp3) is 0.484. The molecule has 5 N–H and O–H groups in total. The molecule has 2 aliphatic heterocycles. The predicted molar refractivity (Wildman–Crippen MR) is 175 cm³/mol. The number of aliphatic carboxylic acids is 3. The van der Waals surface area contributed by atoms with Crippen LogP contribution in [0.1, 0.15) is 27.9 Å². The molecule has 2 aromatic rings. The van der Waals surface area contributed by atoms with E-state index < -0.39 is 36.4 Å². The molecule has 0 bridgehead atoms. The zero-order valence-corrected chi connectivity index (χ0v) is 29.6. The van der Waals surface area contributed by atoms with Crippen molar-refractivity contribution in [3.8, 4) is 5.75 Å². The van der Waals surface area contributed by atoms with E-state index in [1.807, 2.05) is 0 Å². The Balaban J connectivity index is 0.000000566. The van der Waals surface area contributed by atoms with Crippen molar-refractivity contribution in [2.75, 3.05) is 52.4 Å². The van der Waals surface area contributed by atoms with E-state index in [0.29, 0.717) is 22.2 Å². The van der Waals surface area contributed by atoms with E-state index in [0.717, 1.165) is 70.1 Å². The number of ether oxygens (including phenoxy) is 1. The minimum Gasteiger partial charge on any atom is -0.492 e. The first-order valence-corrected chi connectivity index (χ1v) is 16.1. The fourth-order valence-corrected chi connectivity index (χ4v) is 4.75. The number of piperazine rings is 1. The van der Waals surface area contributed by atoms with Gasteiger partial charge in [-0.2, -0.15) is 39.5 Å². The highest BCUT2D eigenvalue weighted by atomic mass is 35.5. The van der Waals surface area contributed by atoms with Crippen molar-refractivity contribution in [1.82, 2.24) is 20.4 Å². The molecule has 0 aromatic heterocycles. The predicted octanol–water partition coefficient (Wildman–Crippen LogP) is 5.49.